The van der Waals surface area contributed by atoms with Gasteiger partial charge < -0.3 is 24.1 Å². The molecular formula is C21H24O6. The Morgan fingerprint density at radius 2 is 1.93 bits per heavy atom. The highest BCUT2D eigenvalue weighted by atomic mass is 16.7. The zero-order chi connectivity index (χ0) is 19.2. The molecule has 0 radical (unpaired) electrons. The number of methoxy groups -OCH3 is 1. The van der Waals surface area contributed by atoms with Gasteiger partial charge in [0.1, 0.15) is 5.75 Å². The second-order valence-corrected chi connectivity index (χ2v) is 6.30. The Balaban J connectivity index is 1.88. The van der Waals surface area contributed by atoms with Crippen LogP contribution in [0.1, 0.15) is 41.8 Å². The highest BCUT2D eigenvalue weighted by Gasteiger charge is 2.37. The van der Waals surface area contributed by atoms with E-state index in [9.17, 15) is 9.90 Å². The van der Waals surface area contributed by atoms with Crippen molar-refractivity contribution in [3.8, 4) is 17.2 Å². The molecule has 1 heterocycles. The van der Waals surface area contributed by atoms with E-state index in [4.69, 9.17) is 18.9 Å². The Morgan fingerprint density at radius 3 is 2.70 bits per heavy atom. The summed E-state index contributed by atoms with van der Waals surface area (Å²) in [6.45, 7) is 2.72. The minimum absolute atomic E-state index is 0.0590. The molecule has 27 heavy (non-hydrogen) atoms. The largest absolute Gasteiger partial charge is 0.490 e. The first-order chi connectivity index (χ1) is 13.2. The van der Waals surface area contributed by atoms with Gasteiger partial charge in [-0.05, 0) is 36.2 Å². The molecule has 0 aromatic heterocycles. The highest BCUT2D eigenvalue weighted by molar-refractivity contribution is 6.03. The molecule has 1 N–H and O–H groups in total. The van der Waals surface area contributed by atoms with Crippen LogP contribution in [0.25, 0.3) is 0 Å². The van der Waals surface area contributed by atoms with E-state index < -0.39 is 12.2 Å². The number of ketones is 1. The Hall–Kier alpha value is -2.57. The summed E-state index contributed by atoms with van der Waals surface area (Å²) >= 11 is 0. The molecule has 6 nitrogen and oxygen atoms in total. The summed E-state index contributed by atoms with van der Waals surface area (Å²) in [7, 11) is 1.53. The highest BCUT2D eigenvalue weighted by Crippen LogP contribution is 2.38. The summed E-state index contributed by atoms with van der Waals surface area (Å²) in [6, 6.07) is 12.2. The zero-order valence-electron chi connectivity index (χ0n) is 15.5. The van der Waals surface area contributed by atoms with Gasteiger partial charge in [-0.1, -0.05) is 31.5 Å². The van der Waals surface area contributed by atoms with Gasteiger partial charge in [0.15, 0.2) is 36.3 Å². The minimum Gasteiger partial charge on any atom is -0.490 e. The van der Waals surface area contributed by atoms with Gasteiger partial charge in [-0.2, -0.15) is 0 Å². The fourth-order valence-electron chi connectivity index (χ4n) is 2.90. The van der Waals surface area contributed by atoms with Gasteiger partial charge in [-0.15, -0.1) is 0 Å². The summed E-state index contributed by atoms with van der Waals surface area (Å²) in [5, 5.41) is 10.5. The van der Waals surface area contributed by atoms with E-state index in [0.717, 1.165) is 12.8 Å². The van der Waals surface area contributed by atoms with Crippen LogP contribution >= 0.6 is 0 Å². The lowest BCUT2D eigenvalue weighted by Gasteiger charge is -2.30. The molecule has 6 heteroatoms. The third-order valence-electron chi connectivity index (χ3n) is 4.35. The maximum absolute atomic E-state index is 12.5. The van der Waals surface area contributed by atoms with E-state index >= 15 is 0 Å². The van der Waals surface area contributed by atoms with Gasteiger partial charge in [0.25, 0.3) is 0 Å². The van der Waals surface area contributed by atoms with Crippen LogP contribution in [0.4, 0.5) is 0 Å². The van der Waals surface area contributed by atoms with Crippen molar-refractivity contribution in [3.63, 3.8) is 0 Å². The summed E-state index contributed by atoms with van der Waals surface area (Å²) in [5.41, 5.74) is 1.01. The van der Waals surface area contributed by atoms with Crippen LogP contribution < -0.4 is 14.2 Å². The topological polar surface area (TPSA) is 74.2 Å². The third-order valence-corrected chi connectivity index (χ3v) is 4.35. The Kier molecular flexibility index (Phi) is 6.32. The van der Waals surface area contributed by atoms with Crippen LogP contribution in [0.5, 0.6) is 17.2 Å². The number of para-hydroxylation sites is 1. The third kappa shape index (κ3) is 4.23. The molecule has 2 aromatic carbocycles. The number of ether oxygens (including phenoxy) is 4. The van der Waals surface area contributed by atoms with Crippen molar-refractivity contribution < 1.29 is 28.8 Å². The Bertz CT molecular complexity index is 788. The fraction of sp³-hybridized carbons (Fsp3) is 0.381. The zero-order valence-corrected chi connectivity index (χ0v) is 15.5. The quantitative estimate of drug-likeness (QED) is 0.564. The maximum atomic E-state index is 12.5. The SMILES string of the molecule is CCCCOc1ccc(C2Oc3ccccc3C(=O)C2O)cc1OCOC. The summed E-state index contributed by atoms with van der Waals surface area (Å²) in [5.74, 6) is 1.17. The average Bonchev–Trinajstić information content (AvgIpc) is 2.70. The van der Waals surface area contributed by atoms with Crippen molar-refractivity contribution in [2.45, 2.75) is 32.0 Å². The number of hydrogen-bond acceptors (Lipinski definition) is 6. The molecule has 2 unspecified atom stereocenters. The standard InChI is InChI=1S/C21H24O6/c1-3-4-11-25-17-10-9-14(12-18(17)26-13-24-2)21-20(23)19(22)15-7-5-6-8-16(15)27-21/h5-10,12,20-21,23H,3-4,11,13H2,1-2H3. The maximum Gasteiger partial charge on any atom is 0.199 e. The number of hydrogen-bond donors (Lipinski definition) is 1. The van der Waals surface area contributed by atoms with Gasteiger partial charge in [0.2, 0.25) is 0 Å². The lowest BCUT2D eigenvalue weighted by molar-refractivity contribution is 0.0211. The van der Waals surface area contributed by atoms with Gasteiger partial charge in [-0.25, -0.2) is 0 Å². The molecule has 144 valence electrons. The molecule has 0 saturated carbocycles. The molecule has 0 saturated heterocycles. The average molecular weight is 372 g/mol. The lowest BCUT2D eigenvalue weighted by Crippen LogP contribution is -2.36. The second kappa shape index (κ2) is 8.88. The number of fused-ring (bicyclic) bond motifs is 1. The summed E-state index contributed by atoms with van der Waals surface area (Å²) in [4.78, 5) is 12.5. The van der Waals surface area contributed by atoms with Crippen molar-refractivity contribution >= 4 is 5.78 Å². The first-order valence-electron chi connectivity index (χ1n) is 9.02. The van der Waals surface area contributed by atoms with Crippen LogP contribution in [0.15, 0.2) is 42.5 Å². The smallest absolute Gasteiger partial charge is 0.199 e. The molecule has 0 aliphatic carbocycles. The first-order valence-corrected chi connectivity index (χ1v) is 9.02. The number of unbranched alkanes of at least 4 members (excludes halogenated alkanes) is 1. The molecule has 0 fully saturated rings. The number of rotatable bonds is 8. The molecule has 1 aliphatic heterocycles. The number of Topliss-reactive ketones (excluding diaryl/α,β-unsaturated/α-hetero) is 1. The summed E-state index contributed by atoms with van der Waals surface area (Å²) < 4.78 is 22.3. The number of carbonyl (C=O) groups is 1. The fourth-order valence-corrected chi connectivity index (χ4v) is 2.90. The van der Waals surface area contributed by atoms with Crippen molar-refractivity contribution in [2.75, 3.05) is 20.5 Å². The number of carbonyl (C=O) groups excluding carboxylic acids is 1. The second-order valence-electron chi connectivity index (χ2n) is 6.30. The molecule has 2 aromatic rings. The Labute approximate surface area is 158 Å². The monoisotopic (exact) mass is 372 g/mol. The van der Waals surface area contributed by atoms with Crippen LogP contribution in [0, 0.1) is 0 Å². The molecule has 2 atom stereocenters. The molecule has 0 amide bonds. The van der Waals surface area contributed by atoms with E-state index in [1.807, 2.05) is 0 Å². The van der Waals surface area contributed by atoms with Crippen LogP contribution in [0.3, 0.4) is 0 Å². The van der Waals surface area contributed by atoms with E-state index in [1.54, 1.807) is 42.5 Å². The predicted molar refractivity (Wildman–Crippen MR) is 99.5 cm³/mol. The van der Waals surface area contributed by atoms with Crippen LogP contribution in [0.2, 0.25) is 0 Å². The number of aliphatic hydroxyl groups is 1. The van der Waals surface area contributed by atoms with Crippen molar-refractivity contribution in [2.24, 2.45) is 0 Å². The normalized spacial score (nSPS) is 18.6. The van der Waals surface area contributed by atoms with E-state index in [-0.39, 0.29) is 12.6 Å². The van der Waals surface area contributed by atoms with E-state index in [1.165, 1.54) is 7.11 Å². The van der Waals surface area contributed by atoms with Gasteiger partial charge >= 0.3 is 0 Å². The lowest BCUT2D eigenvalue weighted by atomic mass is 9.93. The molecule has 1 aliphatic rings. The van der Waals surface area contributed by atoms with Crippen LogP contribution in [-0.4, -0.2) is 37.5 Å². The van der Waals surface area contributed by atoms with E-state index in [2.05, 4.69) is 6.92 Å². The van der Waals surface area contributed by atoms with E-state index in [0.29, 0.717) is 35.0 Å². The predicted octanol–water partition coefficient (Wildman–Crippen LogP) is 3.53. The number of aliphatic hydroxyl groups excluding tert-OH is 1. The van der Waals surface area contributed by atoms with Gasteiger partial charge in [-0.3, -0.25) is 4.79 Å². The van der Waals surface area contributed by atoms with Crippen molar-refractivity contribution in [1.82, 2.24) is 0 Å². The number of benzene rings is 2. The first kappa shape index (κ1) is 19.2. The molecule has 3 rings (SSSR count). The van der Waals surface area contributed by atoms with Gasteiger partial charge in [0.05, 0.1) is 12.2 Å². The molecule has 0 bridgehead atoms. The Morgan fingerprint density at radius 1 is 1.11 bits per heavy atom. The van der Waals surface area contributed by atoms with Crippen LogP contribution in [-0.2, 0) is 4.74 Å². The molecular weight excluding hydrogens is 348 g/mol. The van der Waals surface area contributed by atoms with Crippen molar-refractivity contribution in [3.05, 3.63) is 53.6 Å². The molecule has 0 spiro atoms. The minimum atomic E-state index is -1.29. The van der Waals surface area contributed by atoms with Crippen molar-refractivity contribution in [1.29, 1.82) is 0 Å². The summed E-state index contributed by atoms with van der Waals surface area (Å²) in [6.07, 6.45) is -0.152. The van der Waals surface area contributed by atoms with Gasteiger partial charge in [0, 0.05) is 7.11 Å².